The lowest BCUT2D eigenvalue weighted by atomic mass is 10.2. The van der Waals surface area contributed by atoms with Crippen molar-refractivity contribution in [1.82, 2.24) is 24.7 Å². The van der Waals surface area contributed by atoms with E-state index in [-0.39, 0.29) is 11.7 Å². The van der Waals surface area contributed by atoms with Crippen molar-refractivity contribution in [3.63, 3.8) is 0 Å². The van der Waals surface area contributed by atoms with E-state index in [4.69, 9.17) is 0 Å². The van der Waals surface area contributed by atoms with Crippen LogP contribution in [-0.4, -0.2) is 30.6 Å². The van der Waals surface area contributed by atoms with Crippen molar-refractivity contribution in [2.24, 2.45) is 0 Å². The fourth-order valence-electron chi connectivity index (χ4n) is 2.29. The van der Waals surface area contributed by atoms with Crippen LogP contribution in [0.2, 0.25) is 0 Å². The smallest absolute Gasteiger partial charge is 0.257 e. The second-order valence-corrected chi connectivity index (χ2v) is 6.10. The normalized spacial score (nSPS) is 10.7. The highest BCUT2D eigenvalue weighted by molar-refractivity contribution is 7.14. The van der Waals surface area contributed by atoms with Crippen molar-refractivity contribution in [3.05, 3.63) is 72.0 Å². The minimum absolute atomic E-state index is 0.325. The second kappa shape index (κ2) is 6.81. The number of anilines is 1. The molecule has 0 radical (unpaired) electrons. The molecular weight excluding hydrogens is 355 g/mol. The van der Waals surface area contributed by atoms with Gasteiger partial charge in [-0.15, -0.1) is 11.3 Å². The molecule has 0 saturated heterocycles. The van der Waals surface area contributed by atoms with Crippen molar-refractivity contribution in [1.29, 1.82) is 0 Å². The summed E-state index contributed by atoms with van der Waals surface area (Å²) in [4.78, 5) is 24.8. The molecule has 0 fully saturated rings. The lowest BCUT2D eigenvalue weighted by Crippen LogP contribution is -2.12. The number of pyridine rings is 1. The SMILES string of the molecule is O=C(Nc1nc(-c2cccc(F)c2)cs1)c1ccnc(-n2cncn2)c1. The van der Waals surface area contributed by atoms with Gasteiger partial charge in [0.25, 0.3) is 5.91 Å². The van der Waals surface area contributed by atoms with Crippen LogP contribution in [0.3, 0.4) is 0 Å². The highest BCUT2D eigenvalue weighted by Gasteiger charge is 2.12. The van der Waals surface area contributed by atoms with E-state index in [1.807, 2.05) is 0 Å². The van der Waals surface area contributed by atoms with Gasteiger partial charge in [0.2, 0.25) is 0 Å². The average molecular weight is 366 g/mol. The van der Waals surface area contributed by atoms with Gasteiger partial charge < -0.3 is 0 Å². The summed E-state index contributed by atoms with van der Waals surface area (Å²) in [5, 5.41) is 8.91. The molecule has 7 nitrogen and oxygen atoms in total. The number of carbonyl (C=O) groups excluding carboxylic acids is 1. The molecule has 0 spiro atoms. The molecule has 4 rings (SSSR count). The maximum absolute atomic E-state index is 13.3. The fraction of sp³-hybridized carbons (Fsp3) is 0. The number of nitrogens with one attached hydrogen (secondary N) is 1. The first-order chi connectivity index (χ1) is 12.7. The monoisotopic (exact) mass is 366 g/mol. The van der Waals surface area contributed by atoms with Gasteiger partial charge in [0.1, 0.15) is 18.5 Å². The van der Waals surface area contributed by atoms with E-state index < -0.39 is 0 Å². The Hall–Kier alpha value is -3.46. The number of aromatic nitrogens is 5. The van der Waals surface area contributed by atoms with Gasteiger partial charge in [-0.25, -0.2) is 24.0 Å². The molecule has 128 valence electrons. The number of halogens is 1. The molecular formula is C17H11FN6OS. The van der Waals surface area contributed by atoms with Gasteiger partial charge in [-0.2, -0.15) is 5.10 Å². The molecule has 1 amide bonds. The summed E-state index contributed by atoms with van der Waals surface area (Å²) < 4.78 is 14.8. The standard InChI is InChI=1S/C17H11FN6OS/c18-13-3-1-2-11(6-13)14-8-26-17(22-14)23-16(25)12-4-5-20-15(7-12)24-10-19-9-21-24/h1-10H,(H,22,23,25). The molecule has 3 heterocycles. The molecule has 0 atom stereocenters. The Labute approximate surface area is 151 Å². The average Bonchev–Trinajstić information content (AvgIpc) is 3.34. The number of nitrogens with zero attached hydrogens (tertiary/aromatic N) is 5. The number of amides is 1. The molecule has 0 aliphatic rings. The van der Waals surface area contributed by atoms with E-state index in [9.17, 15) is 9.18 Å². The number of hydrogen-bond donors (Lipinski definition) is 1. The topological polar surface area (TPSA) is 85.6 Å². The van der Waals surface area contributed by atoms with Gasteiger partial charge >= 0.3 is 0 Å². The molecule has 1 N–H and O–H groups in total. The lowest BCUT2D eigenvalue weighted by Gasteiger charge is -2.04. The van der Waals surface area contributed by atoms with Gasteiger partial charge in [0.15, 0.2) is 10.9 Å². The van der Waals surface area contributed by atoms with Crippen LogP contribution < -0.4 is 5.32 Å². The van der Waals surface area contributed by atoms with Crippen molar-refractivity contribution in [3.8, 4) is 17.1 Å². The Morgan fingerprint density at radius 2 is 2.15 bits per heavy atom. The Balaban J connectivity index is 1.53. The van der Waals surface area contributed by atoms with Crippen molar-refractivity contribution < 1.29 is 9.18 Å². The highest BCUT2D eigenvalue weighted by Crippen LogP contribution is 2.25. The molecule has 0 saturated carbocycles. The summed E-state index contributed by atoms with van der Waals surface area (Å²) in [7, 11) is 0. The molecule has 9 heteroatoms. The molecule has 3 aromatic heterocycles. The molecule has 0 aliphatic carbocycles. The third-order valence-electron chi connectivity index (χ3n) is 3.51. The van der Waals surface area contributed by atoms with E-state index in [0.29, 0.717) is 27.8 Å². The summed E-state index contributed by atoms with van der Waals surface area (Å²) >= 11 is 1.27. The summed E-state index contributed by atoms with van der Waals surface area (Å²) in [6, 6.07) is 9.34. The maximum Gasteiger partial charge on any atom is 0.257 e. The van der Waals surface area contributed by atoms with Crippen LogP contribution in [0.1, 0.15) is 10.4 Å². The van der Waals surface area contributed by atoms with Crippen LogP contribution in [0.25, 0.3) is 17.1 Å². The van der Waals surface area contributed by atoms with Gasteiger partial charge in [0.05, 0.1) is 5.69 Å². The van der Waals surface area contributed by atoms with Gasteiger partial charge in [-0.3, -0.25) is 10.1 Å². The quantitative estimate of drug-likeness (QED) is 0.600. The predicted molar refractivity (Wildman–Crippen MR) is 94.6 cm³/mol. The molecule has 0 unspecified atom stereocenters. The number of rotatable bonds is 4. The Morgan fingerprint density at radius 3 is 2.96 bits per heavy atom. The van der Waals surface area contributed by atoms with Gasteiger partial charge in [-0.05, 0) is 24.3 Å². The van der Waals surface area contributed by atoms with E-state index in [0.717, 1.165) is 0 Å². The number of carbonyl (C=O) groups is 1. The summed E-state index contributed by atoms with van der Waals surface area (Å²) in [6.07, 6.45) is 4.40. The molecule has 1 aromatic carbocycles. The lowest BCUT2D eigenvalue weighted by molar-refractivity contribution is 0.102. The van der Waals surface area contributed by atoms with Crippen molar-refractivity contribution in [2.45, 2.75) is 0 Å². The minimum Gasteiger partial charge on any atom is -0.298 e. The molecule has 0 aliphatic heterocycles. The largest absolute Gasteiger partial charge is 0.298 e. The van der Waals surface area contributed by atoms with E-state index in [1.54, 1.807) is 29.6 Å². The first-order valence-corrected chi connectivity index (χ1v) is 8.41. The minimum atomic E-state index is -0.335. The zero-order valence-corrected chi connectivity index (χ0v) is 14.0. The van der Waals surface area contributed by atoms with Crippen LogP contribution in [-0.2, 0) is 0 Å². The first kappa shape index (κ1) is 16.0. The number of hydrogen-bond acceptors (Lipinski definition) is 6. The third-order valence-corrected chi connectivity index (χ3v) is 4.26. The first-order valence-electron chi connectivity index (χ1n) is 7.53. The van der Waals surface area contributed by atoms with Crippen LogP contribution in [0.4, 0.5) is 9.52 Å². The highest BCUT2D eigenvalue weighted by atomic mass is 32.1. The van der Waals surface area contributed by atoms with Gasteiger partial charge in [-0.1, -0.05) is 12.1 Å². The maximum atomic E-state index is 13.3. The Bertz CT molecular complexity index is 1060. The Morgan fingerprint density at radius 1 is 1.23 bits per heavy atom. The molecule has 4 aromatic rings. The zero-order chi connectivity index (χ0) is 17.9. The van der Waals surface area contributed by atoms with E-state index >= 15 is 0 Å². The number of thiazole rings is 1. The van der Waals surface area contributed by atoms with Crippen LogP contribution in [0.5, 0.6) is 0 Å². The molecule has 0 bridgehead atoms. The van der Waals surface area contributed by atoms with Gasteiger partial charge in [0, 0.05) is 22.7 Å². The number of benzene rings is 1. The van der Waals surface area contributed by atoms with Crippen molar-refractivity contribution in [2.75, 3.05) is 5.32 Å². The van der Waals surface area contributed by atoms with E-state index in [1.165, 1.54) is 47.0 Å². The summed E-state index contributed by atoms with van der Waals surface area (Å²) in [5.74, 6) is -0.179. The summed E-state index contributed by atoms with van der Waals surface area (Å²) in [5.41, 5.74) is 1.66. The molecule has 26 heavy (non-hydrogen) atoms. The Kier molecular flexibility index (Phi) is 4.20. The van der Waals surface area contributed by atoms with Crippen molar-refractivity contribution >= 4 is 22.4 Å². The predicted octanol–water partition coefficient (Wildman–Crippen LogP) is 3.18. The summed E-state index contributed by atoms with van der Waals surface area (Å²) in [6.45, 7) is 0. The second-order valence-electron chi connectivity index (χ2n) is 5.25. The van der Waals surface area contributed by atoms with E-state index in [2.05, 4.69) is 25.4 Å². The van der Waals surface area contributed by atoms with Crippen LogP contribution in [0, 0.1) is 5.82 Å². The van der Waals surface area contributed by atoms with Crippen LogP contribution in [0.15, 0.2) is 60.6 Å². The fourth-order valence-corrected chi connectivity index (χ4v) is 3.01. The third kappa shape index (κ3) is 3.33. The zero-order valence-electron chi connectivity index (χ0n) is 13.2. The van der Waals surface area contributed by atoms with Crippen LogP contribution >= 0.6 is 11.3 Å².